The maximum Gasteiger partial charge on any atom is 0.374 e. The molecule has 0 unspecified atom stereocenters. The third-order valence-corrected chi connectivity index (χ3v) is 6.81. The highest BCUT2D eigenvalue weighted by Crippen LogP contribution is 2.34. The summed E-state index contributed by atoms with van der Waals surface area (Å²) in [5.41, 5.74) is 3.33. The van der Waals surface area contributed by atoms with Crippen molar-refractivity contribution < 1.29 is 14.3 Å². The van der Waals surface area contributed by atoms with Gasteiger partial charge in [0.25, 0.3) is 5.91 Å². The molecule has 0 aliphatic carbocycles. The lowest BCUT2D eigenvalue weighted by atomic mass is 10.1. The Bertz CT molecular complexity index is 1330. The lowest BCUT2D eigenvalue weighted by molar-refractivity contribution is 0.0581. The number of amides is 1. The van der Waals surface area contributed by atoms with Crippen LogP contribution in [-0.4, -0.2) is 58.5 Å². The molecule has 0 spiro atoms. The number of methoxy groups -OCH3 is 1. The minimum Gasteiger partial charge on any atom is -0.463 e. The first-order valence-corrected chi connectivity index (χ1v) is 11.9. The number of esters is 1. The van der Waals surface area contributed by atoms with E-state index in [-0.39, 0.29) is 24.3 Å². The molecule has 1 aromatic heterocycles. The molecule has 0 N–H and O–H groups in total. The van der Waals surface area contributed by atoms with Crippen molar-refractivity contribution in [3.05, 3.63) is 81.8 Å². The van der Waals surface area contributed by atoms with E-state index in [0.717, 1.165) is 17.5 Å². The molecule has 2 aromatic carbocycles. The Kier molecular flexibility index (Phi) is 6.06. The first-order valence-electron chi connectivity index (χ1n) is 11.6. The summed E-state index contributed by atoms with van der Waals surface area (Å²) >= 11 is 6.34. The molecule has 9 heteroatoms. The average molecular weight is 492 g/mol. The van der Waals surface area contributed by atoms with Crippen LogP contribution < -0.4 is 4.90 Å². The standard InChI is InChI=1S/C26H26ClN5O3/c1-4-30-24(33)21-22(32-15-19(28-26(30)32)12-17-8-6-5-7-9-17)29-23(25(34)35-3)31(21)14-18-11-10-16(2)20(27)13-18/h5-11,13,19H,4,12,14-15H2,1-3H3/t19-/m1/s1. The average Bonchev–Trinajstić information content (AvgIpc) is 3.44. The maximum absolute atomic E-state index is 13.7. The van der Waals surface area contributed by atoms with E-state index in [1.165, 1.54) is 12.7 Å². The topological polar surface area (TPSA) is 80.0 Å². The van der Waals surface area contributed by atoms with Crippen LogP contribution in [0.3, 0.4) is 0 Å². The molecule has 0 saturated heterocycles. The van der Waals surface area contributed by atoms with Gasteiger partial charge in [0.15, 0.2) is 11.5 Å². The van der Waals surface area contributed by atoms with E-state index >= 15 is 0 Å². The Balaban J connectivity index is 1.57. The SMILES string of the molecule is CCN1C(=O)c2c(nc(C(=O)OC)n2Cc2ccc(C)c(Cl)c2)N2C[C@@H](Cc3ccccc3)N=C12. The molecule has 5 rings (SSSR count). The Morgan fingerprint density at radius 3 is 2.63 bits per heavy atom. The van der Waals surface area contributed by atoms with Crippen molar-refractivity contribution >= 4 is 35.3 Å². The van der Waals surface area contributed by atoms with Gasteiger partial charge >= 0.3 is 5.97 Å². The first kappa shape index (κ1) is 23.1. The molecule has 180 valence electrons. The van der Waals surface area contributed by atoms with Crippen LogP contribution >= 0.6 is 11.6 Å². The molecule has 1 amide bonds. The largest absolute Gasteiger partial charge is 0.463 e. The molecule has 0 fully saturated rings. The third-order valence-electron chi connectivity index (χ3n) is 6.40. The number of guanidine groups is 1. The van der Waals surface area contributed by atoms with Gasteiger partial charge in [0, 0.05) is 11.6 Å². The zero-order valence-corrected chi connectivity index (χ0v) is 20.6. The molecule has 2 aliphatic rings. The number of benzene rings is 2. The van der Waals surface area contributed by atoms with E-state index in [4.69, 9.17) is 21.3 Å². The molecular weight excluding hydrogens is 466 g/mol. The smallest absolute Gasteiger partial charge is 0.374 e. The monoisotopic (exact) mass is 491 g/mol. The second kappa shape index (κ2) is 9.19. The molecule has 0 bridgehead atoms. The predicted molar refractivity (Wildman–Crippen MR) is 134 cm³/mol. The molecule has 1 atom stereocenters. The Labute approximate surface area is 208 Å². The minimum absolute atomic E-state index is 0.0390. The molecule has 0 radical (unpaired) electrons. The summed E-state index contributed by atoms with van der Waals surface area (Å²) in [6.07, 6.45) is 0.744. The van der Waals surface area contributed by atoms with Crippen LogP contribution in [0.25, 0.3) is 0 Å². The molecule has 8 nitrogen and oxygen atoms in total. The van der Waals surface area contributed by atoms with Crippen molar-refractivity contribution in [2.45, 2.75) is 32.9 Å². The highest BCUT2D eigenvalue weighted by atomic mass is 35.5. The van der Waals surface area contributed by atoms with Gasteiger partial charge in [-0.05, 0) is 43.0 Å². The van der Waals surface area contributed by atoms with Gasteiger partial charge in [0.1, 0.15) is 0 Å². The lowest BCUT2D eigenvalue weighted by Gasteiger charge is -2.33. The fourth-order valence-electron chi connectivity index (χ4n) is 4.62. The van der Waals surface area contributed by atoms with Gasteiger partial charge in [0.05, 0.1) is 26.2 Å². The summed E-state index contributed by atoms with van der Waals surface area (Å²) in [7, 11) is 1.31. The van der Waals surface area contributed by atoms with Gasteiger partial charge in [-0.2, -0.15) is 0 Å². The summed E-state index contributed by atoms with van der Waals surface area (Å²) in [5, 5.41) is 0.621. The second-order valence-electron chi connectivity index (χ2n) is 8.70. The summed E-state index contributed by atoms with van der Waals surface area (Å²) in [5.74, 6) is 0.245. The van der Waals surface area contributed by atoms with E-state index in [9.17, 15) is 9.59 Å². The number of rotatable bonds is 6. The number of aryl methyl sites for hydroxylation is 1. The fourth-order valence-corrected chi connectivity index (χ4v) is 4.82. The van der Waals surface area contributed by atoms with Gasteiger partial charge in [-0.25, -0.2) is 14.8 Å². The van der Waals surface area contributed by atoms with Crippen molar-refractivity contribution in [1.82, 2.24) is 14.5 Å². The van der Waals surface area contributed by atoms with Crippen molar-refractivity contribution in [3.8, 4) is 0 Å². The number of aliphatic imine (C=N–C) groups is 1. The first-order chi connectivity index (χ1) is 16.9. The van der Waals surface area contributed by atoms with Crippen molar-refractivity contribution in [3.63, 3.8) is 0 Å². The van der Waals surface area contributed by atoms with Gasteiger partial charge in [-0.3, -0.25) is 14.6 Å². The molecule has 35 heavy (non-hydrogen) atoms. The zero-order valence-electron chi connectivity index (χ0n) is 19.9. The van der Waals surface area contributed by atoms with Gasteiger partial charge in [0.2, 0.25) is 11.8 Å². The highest BCUT2D eigenvalue weighted by molar-refractivity contribution is 6.31. The lowest BCUT2D eigenvalue weighted by Crippen LogP contribution is -2.50. The highest BCUT2D eigenvalue weighted by Gasteiger charge is 2.44. The number of carbonyl (C=O) groups excluding carboxylic acids is 2. The zero-order chi connectivity index (χ0) is 24.7. The number of hydrogen-bond acceptors (Lipinski definition) is 6. The Hall–Kier alpha value is -3.65. The van der Waals surface area contributed by atoms with Crippen molar-refractivity contribution in [1.29, 1.82) is 0 Å². The number of nitrogens with zero attached hydrogens (tertiary/aromatic N) is 5. The number of imidazole rings is 1. The van der Waals surface area contributed by atoms with E-state index in [0.29, 0.717) is 35.6 Å². The molecule has 3 heterocycles. The van der Waals surface area contributed by atoms with E-state index in [1.807, 2.05) is 55.1 Å². The predicted octanol–water partition coefficient (Wildman–Crippen LogP) is 3.94. The number of fused-ring (bicyclic) bond motifs is 3. The van der Waals surface area contributed by atoms with Crippen LogP contribution in [0.5, 0.6) is 0 Å². The Morgan fingerprint density at radius 2 is 1.94 bits per heavy atom. The molecule has 0 saturated carbocycles. The van der Waals surface area contributed by atoms with Crippen molar-refractivity contribution in [2.75, 3.05) is 25.1 Å². The molecule has 3 aromatic rings. The maximum atomic E-state index is 13.7. The molecule has 2 aliphatic heterocycles. The number of aromatic nitrogens is 2. The summed E-state index contributed by atoms with van der Waals surface area (Å²) in [6, 6.07) is 15.8. The van der Waals surface area contributed by atoms with Crippen LogP contribution in [0.1, 0.15) is 44.7 Å². The minimum atomic E-state index is -0.605. The number of anilines is 1. The number of carbonyl (C=O) groups is 2. The summed E-state index contributed by atoms with van der Waals surface area (Å²) < 4.78 is 6.65. The molecular formula is C26H26ClN5O3. The normalized spacial score (nSPS) is 16.7. The van der Waals surface area contributed by atoms with Crippen LogP contribution in [0, 0.1) is 6.92 Å². The van der Waals surface area contributed by atoms with Gasteiger partial charge in [-0.15, -0.1) is 0 Å². The van der Waals surface area contributed by atoms with Gasteiger partial charge < -0.3 is 9.30 Å². The fraction of sp³-hybridized carbons (Fsp3) is 0.308. The number of hydrogen-bond donors (Lipinski definition) is 0. The van der Waals surface area contributed by atoms with Gasteiger partial charge in [-0.1, -0.05) is 54.1 Å². The second-order valence-corrected chi connectivity index (χ2v) is 9.11. The van der Waals surface area contributed by atoms with Crippen LogP contribution in [0.15, 0.2) is 53.5 Å². The van der Waals surface area contributed by atoms with Crippen LogP contribution in [0.2, 0.25) is 5.02 Å². The van der Waals surface area contributed by atoms with E-state index in [2.05, 4.69) is 17.1 Å². The number of ether oxygens (including phenoxy) is 1. The van der Waals surface area contributed by atoms with Crippen molar-refractivity contribution in [2.24, 2.45) is 4.99 Å². The summed E-state index contributed by atoms with van der Waals surface area (Å²) in [4.78, 5) is 39.5. The summed E-state index contributed by atoms with van der Waals surface area (Å²) in [6.45, 7) is 5.10. The van der Waals surface area contributed by atoms with E-state index in [1.54, 1.807) is 9.47 Å². The van der Waals surface area contributed by atoms with Crippen LogP contribution in [0.4, 0.5) is 5.82 Å². The van der Waals surface area contributed by atoms with E-state index < -0.39 is 5.97 Å². The quantitative estimate of drug-likeness (QED) is 0.488. The number of halogens is 1. The Morgan fingerprint density at radius 1 is 1.17 bits per heavy atom. The van der Waals surface area contributed by atoms with Crippen LogP contribution in [-0.2, 0) is 17.7 Å². The third kappa shape index (κ3) is 4.08.